The maximum atomic E-state index is 11.7. The van der Waals surface area contributed by atoms with Crippen LogP contribution in [0, 0.1) is 0 Å². The van der Waals surface area contributed by atoms with Crippen molar-refractivity contribution in [2.75, 3.05) is 19.4 Å². The van der Waals surface area contributed by atoms with Crippen LogP contribution in [0.25, 0.3) is 0 Å². The summed E-state index contributed by atoms with van der Waals surface area (Å²) in [6.07, 6.45) is 1.83. The monoisotopic (exact) mass is 239 g/mol. The number of rotatable bonds is 5. The Balaban J connectivity index is 2.54. The van der Waals surface area contributed by atoms with Gasteiger partial charge in [-0.15, -0.1) is 0 Å². The molecule has 1 amide bonds. The largest absolute Gasteiger partial charge is 0.460 e. The number of carbonyl (C=O) groups excluding carboxylic acids is 2. The summed E-state index contributed by atoms with van der Waals surface area (Å²) >= 11 is 0. The lowest BCUT2D eigenvalue weighted by Gasteiger charge is -2.06. The lowest BCUT2D eigenvalue weighted by atomic mass is 10.4. The van der Waals surface area contributed by atoms with E-state index < -0.39 is 5.97 Å². The molecular weight excluding hydrogens is 222 g/mol. The van der Waals surface area contributed by atoms with Crippen LogP contribution in [0.15, 0.2) is 12.3 Å². The van der Waals surface area contributed by atoms with Crippen molar-refractivity contribution in [1.29, 1.82) is 0 Å². The number of nitrogens with two attached hydrogens (primary N) is 1. The van der Waals surface area contributed by atoms with E-state index in [1.165, 1.54) is 7.05 Å². The first-order valence-electron chi connectivity index (χ1n) is 5.41. The Morgan fingerprint density at radius 1 is 1.53 bits per heavy atom. The molecule has 0 radical (unpaired) electrons. The summed E-state index contributed by atoms with van der Waals surface area (Å²) < 4.78 is 6.69. The fraction of sp³-hybridized carbons (Fsp3) is 0.455. The second kappa shape index (κ2) is 5.93. The van der Waals surface area contributed by atoms with Crippen LogP contribution in [0.4, 0.5) is 5.69 Å². The summed E-state index contributed by atoms with van der Waals surface area (Å²) in [5.74, 6) is -0.629. The fourth-order valence-electron chi connectivity index (χ4n) is 1.40. The van der Waals surface area contributed by atoms with Gasteiger partial charge in [0.15, 0.2) is 0 Å². The molecule has 3 N–H and O–H groups in total. The van der Waals surface area contributed by atoms with Crippen molar-refractivity contribution >= 4 is 17.6 Å². The number of esters is 1. The average Bonchev–Trinajstić information content (AvgIpc) is 2.70. The molecular formula is C11H17N3O3. The van der Waals surface area contributed by atoms with E-state index in [1.54, 1.807) is 16.8 Å². The molecule has 0 atom stereocenters. The Labute approximate surface area is 99.7 Å². The highest BCUT2D eigenvalue weighted by molar-refractivity contribution is 5.89. The number of anilines is 1. The molecule has 1 heterocycles. The van der Waals surface area contributed by atoms with Gasteiger partial charge >= 0.3 is 5.97 Å². The number of aryl methyl sites for hydroxylation is 1. The van der Waals surface area contributed by atoms with Crippen molar-refractivity contribution in [3.63, 3.8) is 0 Å². The van der Waals surface area contributed by atoms with E-state index >= 15 is 0 Å². The SMILES string of the molecule is CCn1cc(N)cc1C(=O)OCCC(=O)NC. The van der Waals surface area contributed by atoms with Crippen molar-refractivity contribution in [1.82, 2.24) is 9.88 Å². The first-order valence-corrected chi connectivity index (χ1v) is 5.41. The number of nitrogens with one attached hydrogen (secondary N) is 1. The molecule has 1 aromatic rings. The van der Waals surface area contributed by atoms with Crippen LogP contribution < -0.4 is 11.1 Å². The van der Waals surface area contributed by atoms with Crippen LogP contribution in [0.1, 0.15) is 23.8 Å². The van der Waals surface area contributed by atoms with Gasteiger partial charge in [-0.1, -0.05) is 0 Å². The summed E-state index contributed by atoms with van der Waals surface area (Å²) in [4.78, 5) is 22.6. The van der Waals surface area contributed by atoms with Gasteiger partial charge in [-0.05, 0) is 13.0 Å². The Hall–Kier alpha value is -1.98. The molecule has 0 bridgehead atoms. The summed E-state index contributed by atoms with van der Waals surface area (Å²) in [5.41, 5.74) is 6.52. The van der Waals surface area contributed by atoms with Crippen LogP contribution in [0.2, 0.25) is 0 Å². The minimum atomic E-state index is -0.465. The third kappa shape index (κ3) is 3.51. The zero-order valence-electron chi connectivity index (χ0n) is 10.0. The second-order valence-electron chi connectivity index (χ2n) is 3.50. The molecule has 0 saturated carbocycles. The molecule has 0 aromatic carbocycles. The Kier molecular flexibility index (Phi) is 4.56. The highest BCUT2D eigenvalue weighted by Crippen LogP contribution is 2.11. The van der Waals surface area contributed by atoms with Crippen molar-refractivity contribution < 1.29 is 14.3 Å². The third-order valence-corrected chi connectivity index (χ3v) is 2.31. The normalized spacial score (nSPS) is 10.0. The lowest BCUT2D eigenvalue weighted by Crippen LogP contribution is -2.21. The molecule has 94 valence electrons. The molecule has 0 aliphatic heterocycles. The van der Waals surface area contributed by atoms with Crippen LogP contribution in [-0.2, 0) is 16.1 Å². The molecule has 0 spiro atoms. The molecule has 0 aliphatic carbocycles. The first-order chi connectivity index (χ1) is 8.08. The van der Waals surface area contributed by atoms with Crippen LogP contribution >= 0.6 is 0 Å². The minimum Gasteiger partial charge on any atom is -0.460 e. The number of carbonyl (C=O) groups is 2. The number of hydrogen-bond donors (Lipinski definition) is 2. The Morgan fingerprint density at radius 3 is 2.82 bits per heavy atom. The van der Waals surface area contributed by atoms with Gasteiger partial charge in [0.25, 0.3) is 0 Å². The number of nitrogen functional groups attached to an aromatic ring is 1. The second-order valence-corrected chi connectivity index (χ2v) is 3.50. The molecule has 0 unspecified atom stereocenters. The molecule has 6 heteroatoms. The first kappa shape index (κ1) is 13.1. The van der Waals surface area contributed by atoms with Gasteiger partial charge in [-0.25, -0.2) is 4.79 Å². The van der Waals surface area contributed by atoms with E-state index in [2.05, 4.69) is 5.32 Å². The van der Waals surface area contributed by atoms with Crippen molar-refractivity contribution in [3.05, 3.63) is 18.0 Å². The quantitative estimate of drug-likeness (QED) is 0.727. The molecule has 1 aromatic heterocycles. The number of aromatic nitrogens is 1. The molecule has 6 nitrogen and oxygen atoms in total. The Morgan fingerprint density at radius 2 is 2.24 bits per heavy atom. The number of ether oxygens (including phenoxy) is 1. The number of hydrogen-bond acceptors (Lipinski definition) is 4. The van der Waals surface area contributed by atoms with E-state index in [-0.39, 0.29) is 18.9 Å². The topological polar surface area (TPSA) is 86.3 Å². The predicted octanol–water partition coefficient (Wildman–Crippen LogP) is 0.383. The summed E-state index contributed by atoms with van der Waals surface area (Å²) in [6.45, 7) is 2.60. The third-order valence-electron chi connectivity index (χ3n) is 2.31. The summed E-state index contributed by atoms with van der Waals surface area (Å²) in [5, 5.41) is 2.45. The minimum absolute atomic E-state index is 0.0628. The fourth-order valence-corrected chi connectivity index (χ4v) is 1.40. The number of nitrogens with zero attached hydrogens (tertiary/aromatic N) is 1. The standard InChI is InChI=1S/C11H17N3O3/c1-3-14-7-8(12)6-9(14)11(16)17-5-4-10(15)13-2/h6-7H,3-5,12H2,1-2H3,(H,13,15). The molecule has 1 rings (SSSR count). The predicted molar refractivity (Wildman–Crippen MR) is 63.5 cm³/mol. The van der Waals surface area contributed by atoms with E-state index in [0.29, 0.717) is 17.9 Å². The van der Waals surface area contributed by atoms with Crippen LogP contribution in [0.3, 0.4) is 0 Å². The highest BCUT2D eigenvalue weighted by atomic mass is 16.5. The Bertz CT molecular complexity index is 412. The molecule has 0 saturated heterocycles. The van der Waals surface area contributed by atoms with Gasteiger partial charge in [0.2, 0.25) is 5.91 Å². The molecule has 17 heavy (non-hydrogen) atoms. The number of amides is 1. The van der Waals surface area contributed by atoms with Gasteiger partial charge in [-0.2, -0.15) is 0 Å². The van der Waals surface area contributed by atoms with E-state index in [1.807, 2.05) is 6.92 Å². The van der Waals surface area contributed by atoms with E-state index in [0.717, 1.165) is 0 Å². The zero-order valence-corrected chi connectivity index (χ0v) is 10.0. The van der Waals surface area contributed by atoms with Gasteiger partial charge in [0.05, 0.1) is 12.1 Å². The van der Waals surface area contributed by atoms with E-state index in [9.17, 15) is 9.59 Å². The smallest absolute Gasteiger partial charge is 0.355 e. The zero-order chi connectivity index (χ0) is 12.8. The average molecular weight is 239 g/mol. The van der Waals surface area contributed by atoms with Crippen LogP contribution in [-0.4, -0.2) is 30.1 Å². The molecule has 0 aliphatic rings. The lowest BCUT2D eigenvalue weighted by molar-refractivity contribution is -0.121. The van der Waals surface area contributed by atoms with Crippen LogP contribution in [0.5, 0.6) is 0 Å². The van der Waals surface area contributed by atoms with Gasteiger partial charge < -0.3 is 20.4 Å². The highest BCUT2D eigenvalue weighted by Gasteiger charge is 2.13. The van der Waals surface area contributed by atoms with Crippen molar-refractivity contribution in [2.24, 2.45) is 0 Å². The summed E-state index contributed by atoms with van der Waals surface area (Å²) in [7, 11) is 1.53. The van der Waals surface area contributed by atoms with Crippen molar-refractivity contribution in [2.45, 2.75) is 19.9 Å². The molecule has 0 fully saturated rings. The van der Waals surface area contributed by atoms with Gasteiger partial charge in [-0.3, -0.25) is 4.79 Å². The van der Waals surface area contributed by atoms with Gasteiger partial charge in [0, 0.05) is 19.8 Å². The van der Waals surface area contributed by atoms with Gasteiger partial charge in [0.1, 0.15) is 12.3 Å². The maximum Gasteiger partial charge on any atom is 0.355 e. The van der Waals surface area contributed by atoms with E-state index in [4.69, 9.17) is 10.5 Å². The summed E-state index contributed by atoms with van der Waals surface area (Å²) in [6, 6.07) is 1.56. The van der Waals surface area contributed by atoms with Crippen molar-refractivity contribution in [3.8, 4) is 0 Å². The maximum absolute atomic E-state index is 11.7.